The third-order valence-electron chi connectivity index (χ3n) is 17.2. The zero-order valence-electron chi connectivity index (χ0n) is 53.3. The summed E-state index contributed by atoms with van der Waals surface area (Å²) >= 11 is 0. The van der Waals surface area contributed by atoms with Crippen LogP contribution in [-0.2, 0) is 23.8 Å². The van der Waals surface area contributed by atoms with Gasteiger partial charge in [-0.2, -0.15) is 0 Å². The molecule has 1 heterocycles. The number of aliphatic hydroxyl groups excluding tert-OH is 5. The van der Waals surface area contributed by atoms with Crippen LogP contribution in [0.15, 0.2) is 12.2 Å². The fraction of sp³-hybridized carbons (Fsp3) is 0.943. The first-order valence-corrected chi connectivity index (χ1v) is 35.5. The predicted molar refractivity (Wildman–Crippen MR) is 338 cm³/mol. The van der Waals surface area contributed by atoms with Gasteiger partial charge in [0.1, 0.15) is 24.4 Å². The third kappa shape index (κ3) is 49.2. The van der Waals surface area contributed by atoms with Gasteiger partial charge < -0.3 is 45.1 Å². The van der Waals surface area contributed by atoms with Gasteiger partial charge in [0.05, 0.1) is 32.0 Å². The summed E-state index contributed by atoms with van der Waals surface area (Å²) in [5.74, 6) is -0.166. The van der Waals surface area contributed by atoms with Gasteiger partial charge in [-0.25, -0.2) is 0 Å². The summed E-state index contributed by atoms with van der Waals surface area (Å²) in [7, 11) is 0. The lowest BCUT2D eigenvalue weighted by Gasteiger charge is -2.40. The van der Waals surface area contributed by atoms with Crippen LogP contribution in [0.2, 0.25) is 0 Å². The Hall–Kier alpha value is -1.60. The Balaban J connectivity index is 1.99. The quantitative estimate of drug-likeness (QED) is 0.0195. The number of amides is 1. The Morgan fingerprint density at radius 2 is 0.778 bits per heavy atom. The Morgan fingerprint density at radius 1 is 0.444 bits per heavy atom. The van der Waals surface area contributed by atoms with Crippen LogP contribution in [0.5, 0.6) is 0 Å². The first-order chi connectivity index (χ1) is 39.7. The maximum absolute atomic E-state index is 13.1. The Kier molecular flexibility index (Phi) is 57.4. The number of allylic oxidation sites excluding steroid dienone is 1. The lowest BCUT2D eigenvalue weighted by Crippen LogP contribution is -2.60. The van der Waals surface area contributed by atoms with Crippen molar-refractivity contribution < 1.29 is 49.3 Å². The van der Waals surface area contributed by atoms with Crippen LogP contribution in [0.1, 0.15) is 361 Å². The van der Waals surface area contributed by atoms with Gasteiger partial charge in [-0.15, -0.1) is 0 Å². The number of nitrogens with one attached hydrogen (secondary N) is 1. The van der Waals surface area contributed by atoms with Gasteiger partial charge in [-0.1, -0.05) is 328 Å². The van der Waals surface area contributed by atoms with E-state index in [1.807, 2.05) is 6.08 Å². The second kappa shape index (κ2) is 60.1. The fourth-order valence-electron chi connectivity index (χ4n) is 11.6. The summed E-state index contributed by atoms with van der Waals surface area (Å²) < 4.78 is 16.8. The molecule has 7 atom stereocenters. The van der Waals surface area contributed by atoms with Crippen LogP contribution >= 0.6 is 0 Å². The van der Waals surface area contributed by atoms with Gasteiger partial charge in [-0.05, 0) is 32.1 Å². The normalized spacial score (nSPS) is 18.2. The molecule has 1 aliphatic rings. The Morgan fingerprint density at radius 3 is 1.15 bits per heavy atom. The van der Waals surface area contributed by atoms with Crippen molar-refractivity contribution in [2.24, 2.45) is 0 Å². The molecule has 7 unspecified atom stereocenters. The van der Waals surface area contributed by atoms with Gasteiger partial charge in [0, 0.05) is 12.8 Å². The lowest BCUT2D eigenvalue weighted by atomic mass is 9.99. The predicted octanol–water partition coefficient (Wildman–Crippen LogP) is 17.9. The minimum Gasteiger partial charge on any atom is -0.466 e. The topological polar surface area (TPSA) is 175 Å². The molecular formula is C70H135NO10. The third-order valence-corrected chi connectivity index (χ3v) is 17.2. The Labute approximate surface area is 499 Å². The van der Waals surface area contributed by atoms with Crippen LogP contribution in [0.3, 0.4) is 0 Å². The molecule has 0 spiro atoms. The molecular weight excluding hydrogens is 1010 g/mol. The van der Waals surface area contributed by atoms with Gasteiger partial charge >= 0.3 is 5.97 Å². The van der Waals surface area contributed by atoms with Crippen LogP contribution in [0.25, 0.3) is 0 Å². The Bertz CT molecular complexity index is 1350. The van der Waals surface area contributed by atoms with Crippen molar-refractivity contribution in [1.82, 2.24) is 5.32 Å². The standard InChI is InChI=1S/C70H135NO10/c1-3-5-7-9-11-13-15-16-30-33-37-40-44-48-52-56-63(73)62(61-80-70-69(78)68(77)67(76)64(60-72)81-70)71-65(74)57-53-49-45-41-38-34-31-28-26-24-22-20-18-17-19-21-23-25-27-29-32-35-39-43-47-51-55-59-79-66(75)58-54-50-46-42-36-14-12-10-8-6-4-2/h52,56,62-64,67-70,72-73,76-78H,3-51,53-55,57-61H2,1-2H3,(H,71,74)/b56-52+. The first-order valence-electron chi connectivity index (χ1n) is 35.5. The fourth-order valence-corrected chi connectivity index (χ4v) is 11.6. The molecule has 0 aliphatic carbocycles. The van der Waals surface area contributed by atoms with Crippen molar-refractivity contribution in [1.29, 1.82) is 0 Å². The molecule has 1 amide bonds. The molecule has 0 aromatic heterocycles. The molecule has 1 rings (SSSR count). The van der Waals surface area contributed by atoms with E-state index in [-0.39, 0.29) is 18.5 Å². The maximum Gasteiger partial charge on any atom is 0.305 e. The van der Waals surface area contributed by atoms with E-state index in [0.29, 0.717) is 19.4 Å². The molecule has 81 heavy (non-hydrogen) atoms. The highest BCUT2D eigenvalue weighted by molar-refractivity contribution is 5.76. The van der Waals surface area contributed by atoms with Gasteiger partial charge in [0.15, 0.2) is 6.29 Å². The molecule has 0 bridgehead atoms. The van der Waals surface area contributed by atoms with E-state index < -0.39 is 49.5 Å². The number of esters is 1. The summed E-state index contributed by atoms with van der Waals surface area (Å²) in [6.07, 6.45) is 63.3. The summed E-state index contributed by atoms with van der Waals surface area (Å²) in [5.41, 5.74) is 0. The van der Waals surface area contributed by atoms with Crippen molar-refractivity contribution in [2.75, 3.05) is 19.8 Å². The van der Waals surface area contributed by atoms with E-state index >= 15 is 0 Å². The second-order valence-corrected chi connectivity index (χ2v) is 25.0. The highest BCUT2D eigenvalue weighted by Crippen LogP contribution is 2.23. The molecule has 1 saturated heterocycles. The molecule has 1 fully saturated rings. The van der Waals surface area contributed by atoms with Gasteiger partial charge in [0.2, 0.25) is 5.91 Å². The first kappa shape index (κ1) is 77.4. The molecule has 11 heteroatoms. The van der Waals surface area contributed by atoms with Crippen LogP contribution in [-0.4, -0.2) is 100 Å². The molecule has 0 saturated carbocycles. The lowest BCUT2D eigenvalue weighted by molar-refractivity contribution is -0.302. The van der Waals surface area contributed by atoms with Gasteiger partial charge in [-0.3, -0.25) is 9.59 Å². The van der Waals surface area contributed by atoms with E-state index in [1.54, 1.807) is 6.08 Å². The van der Waals surface area contributed by atoms with Crippen molar-refractivity contribution >= 4 is 11.9 Å². The number of rotatable bonds is 63. The monoisotopic (exact) mass is 1150 g/mol. The maximum atomic E-state index is 13.1. The highest BCUT2D eigenvalue weighted by atomic mass is 16.7. The number of carbonyl (C=O) groups excluding carboxylic acids is 2. The van der Waals surface area contributed by atoms with Crippen LogP contribution in [0, 0.1) is 0 Å². The molecule has 6 N–H and O–H groups in total. The minimum absolute atomic E-state index is 0.00908. The summed E-state index contributed by atoms with van der Waals surface area (Å²) in [4.78, 5) is 25.1. The van der Waals surface area contributed by atoms with E-state index in [4.69, 9.17) is 14.2 Å². The number of unbranched alkanes of at least 4 members (excludes halogenated alkanes) is 49. The second-order valence-electron chi connectivity index (χ2n) is 25.0. The summed E-state index contributed by atoms with van der Waals surface area (Å²) in [6, 6.07) is -0.807. The van der Waals surface area contributed by atoms with Crippen LogP contribution in [0.4, 0.5) is 0 Å². The smallest absolute Gasteiger partial charge is 0.305 e. The van der Waals surface area contributed by atoms with Crippen molar-refractivity contribution in [3.63, 3.8) is 0 Å². The zero-order valence-corrected chi connectivity index (χ0v) is 53.3. The zero-order chi connectivity index (χ0) is 58.7. The van der Waals surface area contributed by atoms with E-state index in [9.17, 15) is 35.1 Å². The summed E-state index contributed by atoms with van der Waals surface area (Å²) in [6.45, 7) is 4.39. The molecule has 0 aromatic carbocycles. The van der Waals surface area contributed by atoms with E-state index in [0.717, 1.165) is 51.4 Å². The number of hydrogen-bond donors (Lipinski definition) is 6. The molecule has 0 aromatic rings. The van der Waals surface area contributed by atoms with E-state index in [1.165, 1.54) is 283 Å². The number of hydrogen-bond acceptors (Lipinski definition) is 10. The SMILES string of the molecule is CCCCCCCCCCCCCCC/C=C/C(O)C(COC1OC(CO)C(O)C(O)C1O)NC(=O)CCCCCCCCCCCCCCCCCCCCCCCCCCCCCOC(=O)CCCCCCCCCCCCC. The largest absolute Gasteiger partial charge is 0.466 e. The molecule has 11 nitrogen and oxygen atoms in total. The average molecular weight is 1150 g/mol. The van der Waals surface area contributed by atoms with Crippen molar-refractivity contribution in [2.45, 2.75) is 403 Å². The molecule has 1 aliphatic heterocycles. The average Bonchev–Trinajstić information content (AvgIpc) is 3.50. The van der Waals surface area contributed by atoms with Crippen molar-refractivity contribution in [3.05, 3.63) is 12.2 Å². The number of carbonyl (C=O) groups is 2. The molecule has 0 radical (unpaired) electrons. The highest BCUT2D eigenvalue weighted by Gasteiger charge is 2.44. The van der Waals surface area contributed by atoms with Crippen LogP contribution < -0.4 is 5.32 Å². The minimum atomic E-state index is -1.57. The number of ether oxygens (including phenoxy) is 3. The van der Waals surface area contributed by atoms with Crippen molar-refractivity contribution in [3.8, 4) is 0 Å². The number of aliphatic hydroxyl groups is 5. The van der Waals surface area contributed by atoms with E-state index in [2.05, 4.69) is 19.2 Å². The summed E-state index contributed by atoms with van der Waals surface area (Å²) in [5, 5.41) is 54.6. The molecule has 480 valence electrons. The van der Waals surface area contributed by atoms with Gasteiger partial charge in [0.25, 0.3) is 0 Å².